The summed E-state index contributed by atoms with van der Waals surface area (Å²) in [4.78, 5) is 14.0. The number of anilines is 1. The van der Waals surface area contributed by atoms with Gasteiger partial charge in [-0.05, 0) is 48.9 Å². The lowest BCUT2D eigenvalue weighted by atomic mass is 9.87. The van der Waals surface area contributed by atoms with Crippen molar-refractivity contribution in [2.75, 3.05) is 11.4 Å². The van der Waals surface area contributed by atoms with E-state index in [0.29, 0.717) is 5.41 Å². The maximum absolute atomic E-state index is 12.9. The molecule has 0 aromatic heterocycles. The molecule has 1 aromatic rings. The number of amides is 1. The summed E-state index contributed by atoms with van der Waals surface area (Å²) in [6, 6.07) is 6.23. The Morgan fingerprint density at radius 3 is 2.32 bits per heavy atom. The van der Waals surface area contributed by atoms with Crippen molar-refractivity contribution in [3.63, 3.8) is 0 Å². The van der Waals surface area contributed by atoms with Crippen molar-refractivity contribution in [2.24, 2.45) is 11.3 Å². The van der Waals surface area contributed by atoms with Crippen LogP contribution in [0.3, 0.4) is 0 Å². The van der Waals surface area contributed by atoms with E-state index in [2.05, 4.69) is 0 Å². The number of hydrogen-bond donors (Lipinski definition) is 0. The summed E-state index contributed by atoms with van der Waals surface area (Å²) in [5, 5.41) is 0. The highest BCUT2D eigenvalue weighted by molar-refractivity contribution is 5.96. The largest absolute Gasteiger partial charge is 0.312 e. The highest BCUT2D eigenvalue weighted by atomic mass is 19.1. The Bertz CT molecular complexity index is 450. The molecular weight excluding hydrogens is 241 g/mol. The maximum Gasteiger partial charge on any atom is 0.229 e. The lowest BCUT2D eigenvalue weighted by Crippen LogP contribution is -2.45. The van der Waals surface area contributed by atoms with Crippen molar-refractivity contribution in [3.8, 4) is 0 Å². The zero-order chi connectivity index (χ0) is 14.0. The molecule has 1 saturated heterocycles. The van der Waals surface area contributed by atoms with Crippen LogP contribution in [0, 0.1) is 17.2 Å². The maximum atomic E-state index is 12.9. The monoisotopic (exact) mass is 263 g/mol. The molecule has 1 saturated carbocycles. The fourth-order valence-corrected chi connectivity index (χ4v) is 2.86. The molecule has 2 fully saturated rings. The molecule has 3 heteroatoms. The third-order valence-corrected chi connectivity index (χ3v) is 4.02. The Kier molecular flexibility index (Phi) is 3.93. The zero-order valence-electron chi connectivity index (χ0n) is 11.9. The second kappa shape index (κ2) is 5.32. The molecule has 0 bridgehead atoms. The summed E-state index contributed by atoms with van der Waals surface area (Å²) in [6.45, 7) is 6.81. The Morgan fingerprint density at radius 1 is 1.21 bits per heavy atom. The van der Waals surface area contributed by atoms with Crippen molar-refractivity contribution in [1.29, 1.82) is 0 Å². The van der Waals surface area contributed by atoms with Gasteiger partial charge in [-0.15, -0.1) is 0 Å². The molecular formula is C16H22FNO. The minimum atomic E-state index is -0.257. The van der Waals surface area contributed by atoms with Gasteiger partial charge in [0.1, 0.15) is 5.82 Å². The molecule has 1 aliphatic heterocycles. The molecule has 1 atom stereocenters. The number of hydrogen-bond acceptors (Lipinski definition) is 1. The summed E-state index contributed by atoms with van der Waals surface area (Å²) in [6.07, 6.45) is 3.47. The number of piperidine rings is 1. The summed E-state index contributed by atoms with van der Waals surface area (Å²) < 4.78 is 12.9. The van der Waals surface area contributed by atoms with Crippen LogP contribution in [0.25, 0.3) is 0 Å². The van der Waals surface area contributed by atoms with Crippen LogP contribution in [0.2, 0.25) is 0 Å². The van der Waals surface area contributed by atoms with Gasteiger partial charge in [-0.2, -0.15) is 0 Å². The average molecular weight is 263 g/mol. The first-order valence-corrected chi connectivity index (χ1v) is 7.17. The van der Waals surface area contributed by atoms with Crippen LogP contribution in [-0.4, -0.2) is 12.5 Å². The highest BCUT2D eigenvalue weighted by Crippen LogP contribution is 2.54. The summed E-state index contributed by atoms with van der Waals surface area (Å²) in [5.41, 5.74) is 1.19. The molecule has 3 rings (SSSR count). The van der Waals surface area contributed by atoms with E-state index in [9.17, 15) is 9.18 Å². The summed E-state index contributed by atoms with van der Waals surface area (Å²) in [5.74, 6) is 0.0119. The number of carbonyl (C=O) groups excluding carboxylic acids is 1. The van der Waals surface area contributed by atoms with Gasteiger partial charge >= 0.3 is 0 Å². The minimum absolute atomic E-state index is 0.0938. The SMILES string of the molecule is CC.CC1CC2(CC2)CN(c2ccc(F)cc2)C1=O. The van der Waals surface area contributed by atoms with E-state index in [4.69, 9.17) is 0 Å². The zero-order valence-corrected chi connectivity index (χ0v) is 11.9. The Morgan fingerprint density at radius 2 is 1.79 bits per heavy atom. The number of carbonyl (C=O) groups is 1. The second-order valence-corrected chi connectivity index (χ2v) is 5.51. The molecule has 1 aromatic carbocycles. The summed E-state index contributed by atoms with van der Waals surface area (Å²) >= 11 is 0. The third kappa shape index (κ3) is 2.80. The molecule has 1 heterocycles. The first-order chi connectivity index (χ1) is 9.10. The van der Waals surface area contributed by atoms with E-state index in [0.717, 1.165) is 18.7 Å². The number of benzene rings is 1. The van der Waals surface area contributed by atoms with E-state index in [-0.39, 0.29) is 17.6 Å². The lowest BCUT2D eigenvalue weighted by molar-refractivity contribution is -0.124. The first-order valence-electron chi connectivity index (χ1n) is 7.17. The highest BCUT2D eigenvalue weighted by Gasteiger charge is 2.50. The van der Waals surface area contributed by atoms with Crippen molar-refractivity contribution in [3.05, 3.63) is 30.1 Å². The van der Waals surface area contributed by atoms with Crippen LogP contribution < -0.4 is 4.90 Å². The molecule has 1 amide bonds. The van der Waals surface area contributed by atoms with Crippen molar-refractivity contribution >= 4 is 11.6 Å². The number of halogens is 1. The number of nitrogens with zero attached hydrogens (tertiary/aromatic N) is 1. The van der Waals surface area contributed by atoms with E-state index in [1.54, 1.807) is 12.1 Å². The standard InChI is InChI=1S/C14H16FNO.C2H6/c1-10-8-14(6-7-14)9-16(13(10)17)12-4-2-11(15)3-5-12;1-2/h2-5,10H,6-9H2,1H3;1-2H3. The van der Waals surface area contributed by atoms with E-state index in [1.165, 1.54) is 25.0 Å². The molecule has 104 valence electrons. The topological polar surface area (TPSA) is 20.3 Å². The fourth-order valence-electron chi connectivity index (χ4n) is 2.86. The van der Waals surface area contributed by atoms with Crippen molar-refractivity contribution in [2.45, 2.75) is 40.0 Å². The van der Waals surface area contributed by atoms with Crippen LogP contribution in [0.15, 0.2) is 24.3 Å². The van der Waals surface area contributed by atoms with Crippen LogP contribution in [0.5, 0.6) is 0 Å². The van der Waals surface area contributed by atoms with Crippen molar-refractivity contribution < 1.29 is 9.18 Å². The molecule has 2 aliphatic rings. The van der Waals surface area contributed by atoms with Crippen molar-refractivity contribution in [1.82, 2.24) is 0 Å². The molecule has 0 radical (unpaired) electrons. The summed E-state index contributed by atoms with van der Waals surface area (Å²) in [7, 11) is 0. The molecule has 19 heavy (non-hydrogen) atoms. The lowest BCUT2D eigenvalue weighted by Gasteiger charge is -2.36. The van der Waals surface area contributed by atoms with Gasteiger partial charge in [0, 0.05) is 18.2 Å². The Hall–Kier alpha value is -1.38. The van der Waals surface area contributed by atoms with E-state index >= 15 is 0 Å². The van der Waals surface area contributed by atoms with Gasteiger partial charge in [0.15, 0.2) is 0 Å². The van der Waals surface area contributed by atoms with E-state index in [1.807, 2.05) is 25.7 Å². The Balaban J connectivity index is 0.000000637. The van der Waals surface area contributed by atoms with Gasteiger partial charge in [0.2, 0.25) is 5.91 Å². The predicted molar refractivity (Wildman–Crippen MR) is 75.5 cm³/mol. The predicted octanol–water partition coefficient (Wildman–Crippen LogP) is 4.00. The van der Waals surface area contributed by atoms with Gasteiger partial charge in [-0.25, -0.2) is 4.39 Å². The van der Waals surface area contributed by atoms with Crippen LogP contribution in [-0.2, 0) is 4.79 Å². The van der Waals surface area contributed by atoms with Gasteiger partial charge < -0.3 is 4.90 Å². The second-order valence-electron chi connectivity index (χ2n) is 5.51. The molecule has 2 nitrogen and oxygen atoms in total. The van der Waals surface area contributed by atoms with Gasteiger partial charge in [-0.1, -0.05) is 20.8 Å². The van der Waals surface area contributed by atoms with Gasteiger partial charge in [0.05, 0.1) is 0 Å². The minimum Gasteiger partial charge on any atom is -0.312 e. The molecule has 1 spiro atoms. The molecule has 0 N–H and O–H groups in total. The normalized spacial score (nSPS) is 23.9. The van der Waals surface area contributed by atoms with Crippen LogP contribution in [0.1, 0.15) is 40.0 Å². The van der Waals surface area contributed by atoms with E-state index < -0.39 is 0 Å². The number of rotatable bonds is 1. The molecule has 1 unspecified atom stereocenters. The first kappa shape index (κ1) is 14.0. The smallest absolute Gasteiger partial charge is 0.229 e. The molecule has 1 aliphatic carbocycles. The van der Waals surface area contributed by atoms with Crippen LogP contribution in [0.4, 0.5) is 10.1 Å². The fraction of sp³-hybridized carbons (Fsp3) is 0.562. The van der Waals surface area contributed by atoms with Crippen LogP contribution >= 0.6 is 0 Å². The van der Waals surface area contributed by atoms with Gasteiger partial charge in [0.25, 0.3) is 0 Å². The van der Waals surface area contributed by atoms with Gasteiger partial charge in [-0.3, -0.25) is 4.79 Å². The average Bonchev–Trinajstić information content (AvgIpc) is 3.17. The quantitative estimate of drug-likeness (QED) is 0.749. The third-order valence-electron chi connectivity index (χ3n) is 4.02. The Labute approximate surface area is 114 Å².